The van der Waals surface area contributed by atoms with Gasteiger partial charge < -0.3 is 15.0 Å². The van der Waals surface area contributed by atoms with Crippen LogP contribution in [0, 0.1) is 5.92 Å². The molecule has 0 radical (unpaired) electrons. The number of hydrogen-bond acceptors (Lipinski definition) is 3. The van der Waals surface area contributed by atoms with Crippen LogP contribution in [0.5, 0.6) is 0 Å². The largest absolute Gasteiger partial charge is 0.383 e. The van der Waals surface area contributed by atoms with Crippen molar-refractivity contribution >= 4 is 5.69 Å². The van der Waals surface area contributed by atoms with Gasteiger partial charge in [0.1, 0.15) is 0 Å². The summed E-state index contributed by atoms with van der Waals surface area (Å²) in [7, 11) is 2.27. The molecule has 1 fully saturated rings. The lowest BCUT2D eigenvalue weighted by atomic mass is 9.95. The molecule has 104 valence electrons. The van der Waals surface area contributed by atoms with Crippen LogP contribution in [0.3, 0.4) is 0 Å². The minimum absolute atomic E-state index is 0.623. The van der Waals surface area contributed by atoms with Crippen molar-refractivity contribution in [3.63, 3.8) is 0 Å². The van der Waals surface area contributed by atoms with Crippen LogP contribution in [0.15, 0.2) is 24.3 Å². The van der Waals surface area contributed by atoms with E-state index in [1.165, 1.54) is 37.1 Å². The number of ether oxygens (including phenoxy) is 1. The summed E-state index contributed by atoms with van der Waals surface area (Å²) >= 11 is 0. The third kappa shape index (κ3) is 3.10. The lowest BCUT2D eigenvalue weighted by Crippen LogP contribution is -2.44. The molecule has 2 aliphatic heterocycles. The van der Waals surface area contributed by atoms with Gasteiger partial charge in [-0.15, -0.1) is 0 Å². The van der Waals surface area contributed by atoms with Crippen molar-refractivity contribution in [3.05, 3.63) is 29.8 Å². The number of anilines is 1. The number of fused-ring (bicyclic) bond motifs is 1. The summed E-state index contributed by atoms with van der Waals surface area (Å²) in [5, 5.41) is 3.56. The second-order valence-electron chi connectivity index (χ2n) is 5.89. The number of likely N-dealkylation sites (N-methyl/N-ethyl adjacent to an activating group) is 1. The van der Waals surface area contributed by atoms with Crippen LogP contribution in [-0.2, 0) is 11.2 Å². The average molecular weight is 260 g/mol. The van der Waals surface area contributed by atoms with E-state index in [2.05, 4.69) is 41.5 Å². The van der Waals surface area contributed by atoms with Gasteiger partial charge >= 0.3 is 0 Å². The van der Waals surface area contributed by atoms with Gasteiger partial charge in [0, 0.05) is 38.0 Å². The predicted octanol–water partition coefficient (Wildman–Crippen LogP) is 2.38. The molecular weight excluding hydrogens is 236 g/mol. The summed E-state index contributed by atoms with van der Waals surface area (Å²) in [6.07, 6.45) is 3.62. The van der Waals surface area contributed by atoms with Crippen LogP contribution in [0.1, 0.15) is 18.4 Å². The van der Waals surface area contributed by atoms with E-state index in [4.69, 9.17) is 4.74 Å². The van der Waals surface area contributed by atoms with Crippen LogP contribution >= 0.6 is 0 Å². The van der Waals surface area contributed by atoms with Gasteiger partial charge in [-0.2, -0.15) is 0 Å². The van der Waals surface area contributed by atoms with E-state index in [0.29, 0.717) is 6.04 Å². The highest BCUT2D eigenvalue weighted by Gasteiger charge is 2.24. The summed E-state index contributed by atoms with van der Waals surface area (Å²) in [6, 6.07) is 9.30. The summed E-state index contributed by atoms with van der Waals surface area (Å²) in [5.41, 5.74) is 2.77. The maximum Gasteiger partial charge on any atom is 0.0469 e. The highest BCUT2D eigenvalue weighted by molar-refractivity contribution is 5.53. The standard InChI is InChI=1S/C16H24N2O/c1-18(12-13-6-8-19-9-7-13)15-10-14-4-2-3-5-16(14)17-11-15/h2-5,13,15,17H,6-12H2,1H3. The molecule has 3 nitrogen and oxygen atoms in total. The van der Waals surface area contributed by atoms with Gasteiger partial charge in [0.25, 0.3) is 0 Å². The topological polar surface area (TPSA) is 24.5 Å². The van der Waals surface area contributed by atoms with Crippen LogP contribution in [0.4, 0.5) is 5.69 Å². The molecular formula is C16H24N2O. The summed E-state index contributed by atoms with van der Waals surface area (Å²) in [5.74, 6) is 0.816. The maximum atomic E-state index is 5.44. The molecule has 3 heteroatoms. The Balaban J connectivity index is 1.58. The normalized spacial score (nSPS) is 24.0. The van der Waals surface area contributed by atoms with Crippen molar-refractivity contribution in [2.45, 2.75) is 25.3 Å². The van der Waals surface area contributed by atoms with Gasteiger partial charge in [0.15, 0.2) is 0 Å². The minimum Gasteiger partial charge on any atom is -0.383 e. The number of nitrogens with one attached hydrogen (secondary N) is 1. The van der Waals surface area contributed by atoms with Crippen molar-refractivity contribution in [1.29, 1.82) is 0 Å². The van der Waals surface area contributed by atoms with Crippen molar-refractivity contribution < 1.29 is 4.74 Å². The Morgan fingerprint density at radius 3 is 2.89 bits per heavy atom. The molecule has 0 spiro atoms. The Morgan fingerprint density at radius 1 is 1.26 bits per heavy atom. The first-order chi connectivity index (χ1) is 9.33. The van der Waals surface area contributed by atoms with E-state index in [9.17, 15) is 0 Å². The zero-order chi connectivity index (χ0) is 13.1. The van der Waals surface area contributed by atoms with E-state index < -0.39 is 0 Å². The Morgan fingerprint density at radius 2 is 2.05 bits per heavy atom. The first-order valence-electron chi connectivity index (χ1n) is 7.42. The molecule has 1 aromatic rings. The maximum absolute atomic E-state index is 5.44. The molecule has 19 heavy (non-hydrogen) atoms. The minimum atomic E-state index is 0.623. The summed E-state index contributed by atoms with van der Waals surface area (Å²) < 4.78 is 5.44. The average Bonchev–Trinajstić information content (AvgIpc) is 2.48. The third-order valence-corrected chi connectivity index (χ3v) is 4.51. The fraction of sp³-hybridized carbons (Fsp3) is 0.625. The van der Waals surface area contributed by atoms with Crippen LogP contribution in [-0.4, -0.2) is 44.3 Å². The van der Waals surface area contributed by atoms with Crippen molar-refractivity contribution in [2.75, 3.05) is 38.7 Å². The Kier molecular flexibility index (Phi) is 4.04. The molecule has 0 aliphatic carbocycles. The van der Waals surface area contributed by atoms with Gasteiger partial charge in [-0.1, -0.05) is 18.2 Å². The summed E-state index contributed by atoms with van der Waals surface area (Å²) in [4.78, 5) is 2.54. The molecule has 2 heterocycles. The fourth-order valence-electron chi connectivity index (χ4n) is 3.22. The van der Waals surface area contributed by atoms with Crippen LogP contribution < -0.4 is 5.32 Å². The number of para-hydroxylation sites is 1. The van der Waals surface area contributed by atoms with E-state index in [0.717, 1.165) is 25.7 Å². The van der Waals surface area contributed by atoms with Gasteiger partial charge in [-0.25, -0.2) is 0 Å². The molecule has 1 unspecified atom stereocenters. The van der Waals surface area contributed by atoms with Gasteiger partial charge in [0.2, 0.25) is 0 Å². The van der Waals surface area contributed by atoms with E-state index in [-0.39, 0.29) is 0 Å². The number of benzene rings is 1. The molecule has 1 aromatic carbocycles. The molecule has 1 saturated heterocycles. The number of rotatable bonds is 3. The highest BCUT2D eigenvalue weighted by Crippen LogP contribution is 2.24. The molecule has 0 bridgehead atoms. The van der Waals surface area contributed by atoms with Gasteiger partial charge in [-0.05, 0) is 43.9 Å². The first kappa shape index (κ1) is 12.9. The van der Waals surface area contributed by atoms with E-state index >= 15 is 0 Å². The van der Waals surface area contributed by atoms with Crippen LogP contribution in [0.2, 0.25) is 0 Å². The Hall–Kier alpha value is -1.06. The quantitative estimate of drug-likeness (QED) is 0.903. The smallest absolute Gasteiger partial charge is 0.0469 e. The van der Waals surface area contributed by atoms with E-state index in [1.807, 2.05) is 0 Å². The molecule has 2 aliphatic rings. The first-order valence-corrected chi connectivity index (χ1v) is 7.42. The SMILES string of the molecule is CN(CC1CCOCC1)C1CNc2ccccc2C1. The van der Waals surface area contributed by atoms with Crippen molar-refractivity contribution in [2.24, 2.45) is 5.92 Å². The molecule has 0 saturated carbocycles. The molecule has 0 amide bonds. The Bertz CT molecular complexity index is 415. The number of hydrogen-bond donors (Lipinski definition) is 1. The lowest BCUT2D eigenvalue weighted by Gasteiger charge is -2.36. The zero-order valence-corrected chi connectivity index (χ0v) is 11.8. The van der Waals surface area contributed by atoms with Gasteiger partial charge in [-0.3, -0.25) is 0 Å². The molecule has 1 N–H and O–H groups in total. The monoisotopic (exact) mass is 260 g/mol. The van der Waals surface area contributed by atoms with Crippen molar-refractivity contribution in [3.8, 4) is 0 Å². The van der Waals surface area contributed by atoms with Crippen LogP contribution in [0.25, 0.3) is 0 Å². The highest BCUT2D eigenvalue weighted by atomic mass is 16.5. The second-order valence-corrected chi connectivity index (χ2v) is 5.89. The molecule has 1 atom stereocenters. The predicted molar refractivity (Wildman–Crippen MR) is 78.6 cm³/mol. The molecule has 0 aromatic heterocycles. The zero-order valence-electron chi connectivity index (χ0n) is 11.8. The van der Waals surface area contributed by atoms with Crippen molar-refractivity contribution in [1.82, 2.24) is 4.90 Å². The molecule has 3 rings (SSSR count). The third-order valence-electron chi connectivity index (χ3n) is 4.51. The second kappa shape index (κ2) is 5.93. The fourth-order valence-corrected chi connectivity index (χ4v) is 3.22. The number of nitrogens with zero attached hydrogens (tertiary/aromatic N) is 1. The van der Waals surface area contributed by atoms with Gasteiger partial charge in [0.05, 0.1) is 0 Å². The Labute approximate surface area is 115 Å². The summed E-state index contributed by atoms with van der Waals surface area (Å²) in [6.45, 7) is 4.17. The van der Waals surface area contributed by atoms with E-state index in [1.54, 1.807) is 0 Å². The lowest BCUT2D eigenvalue weighted by molar-refractivity contribution is 0.0508.